The molecule has 144 valence electrons. The predicted octanol–water partition coefficient (Wildman–Crippen LogP) is 3.63. The topological polar surface area (TPSA) is 64.0 Å². The van der Waals surface area contributed by atoms with Crippen molar-refractivity contribution < 1.29 is 19.4 Å². The summed E-state index contributed by atoms with van der Waals surface area (Å²) in [5.41, 5.74) is 1.51. The summed E-state index contributed by atoms with van der Waals surface area (Å²) in [4.78, 5) is 15.4. The van der Waals surface area contributed by atoms with Crippen LogP contribution in [0.5, 0.6) is 0 Å². The van der Waals surface area contributed by atoms with Crippen LogP contribution in [0.4, 0.5) is 14.9 Å². The Balaban J connectivity index is 1.65. The number of halogens is 1. The summed E-state index contributed by atoms with van der Waals surface area (Å²) in [6.45, 7) is 3.84. The number of aryl methyl sites for hydroxylation is 1. The summed E-state index contributed by atoms with van der Waals surface area (Å²) in [7, 11) is 0. The third-order valence-corrected chi connectivity index (χ3v) is 5.77. The lowest BCUT2D eigenvalue weighted by Crippen LogP contribution is -2.48. The van der Waals surface area contributed by atoms with Crippen molar-refractivity contribution in [3.8, 4) is 0 Å². The molecule has 1 amide bonds. The summed E-state index contributed by atoms with van der Waals surface area (Å²) in [6, 6.07) is 5.28. The largest absolute Gasteiger partial charge is 0.465 e. The van der Waals surface area contributed by atoms with Crippen LogP contribution >= 0.6 is 0 Å². The number of anilines is 1. The summed E-state index contributed by atoms with van der Waals surface area (Å²) in [6.07, 6.45) is 3.49. The summed E-state index contributed by atoms with van der Waals surface area (Å²) >= 11 is 0. The molecule has 6 heteroatoms. The van der Waals surface area contributed by atoms with Crippen molar-refractivity contribution in [2.24, 2.45) is 5.92 Å². The van der Waals surface area contributed by atoms with Crippen LogP contribution in [-0.4, -0.2) is 53.0 Å². The molecule has 2 N–H and O–H groups in total. The molecule has 0 bridgehead atoms. The number of piperidine rings is 1. The van der Waals surface area contributed by atoms with Gasteiger partial charge in [-0.15, -0.1) is 0 Å². The number of nitrogens with zero attached hydrogens (tertiary/aromatic N) is 2. The van der Waals surface area contributed by atoms with Crippen LogP contribution in [0, 0.1) is 18.7 Å². The lowest BCUT2D eigenvalue weighted by Gasteiger charge is -2.40. The number of carbonyl (C=O) groups is 1. The minimum absolute atomic E-state index is 0.0117. The van der Waals surface area contributed by atoms with Crippen molar-refractivity contribution >= 4 is 11.8 Å². The lowest BCUT2D eigenvalue weighted by atomic mass is 9.90. The highest BCUT2D eigenvalue weighted by molar-refractivity contribution is 5.65. The van der Waals surface area contributed by atoms with Gasteiger partial charge in [-0.1, -0.05) is 6.07 Å². The fourth-order valence-electron chi connectivity index (χ4n) is 4.33. The van der Waals surface area contributed by atoms with Crippen LogP contribution in [0.15, 0.2) is 18.2 Å². The van der Waals surface area contributed by atoms with Gasteiger partial charge in [0, 0.05) is 25.7 Å². The molecule has 1 aliphatic heterocycles. The normalized spacial score (nSPS) is 26.6. The van der Waals surface area contributed by atoms with E-state index in [-0.39, 0.29) is 23.9 Å². The molecule has 0 radical (unpaired) electrons. The van der Waals surface area contributed by atoms with Crippen LogP contribution in [0.25, 0.3) is 0 Å². The van der Waals surface area contributed by atoms with Crippen LogP contribution in [0.1, 0.15) is 44.1 Å². The summed E-state index contributed by atoms with van der Waals surface area (Å²) in [5.74, 6) is -0.00517. The SMILES string of the molecule is Cc1ccc(N2CCCC(CN(C(=O)O)C3CCC(O)CC3)C2)c(F)c1. The van der Waals surface area contributed by atoms with Gasteiger partial charge in [0.1, 0.15) is 5.82 Å². The van der Waals surface area contributed by atoms with Crippen LogP contribution in [0.3, 0.4) is 0 Å². The van der Waals surface area contributed by atoms with Gasteiger partial charge in [-0.25, -0.2) is 9.18 Å². The second-order valence-electron chi connectivity index (χ2n) is 7.81. The zero-order valence-corrected chi connectivity index (χ0v) is 15.4. The number of rotatable bonds is 4. The molecule has 1 aromatic rings. The molecule has 2 aliphatic rings. The smallest absolute Gasteiger partial charge is 0.407 e. The van der Waals surface area contributed by atoms with E-state index in [2.05, 4.69) is 0 Å². The fourth-order valence-corrected chi connectivity index (χ4v) is 4.33. The van der Waals surface area contributed by atoms with Gasteiger partial charge in [0.05, 0.1) is 11.8 Å². The lowest BCUT2D eigenvalue weighted by molar-refractivity contribution is 0.0612. The molecule has 1 heterocycles. The van der Waals surface area contributed by atoms with E-state index in [9.17, 15) is 19.4 Å². The molecule has 26 heavy (non-hydrogen) atoms. The molecule has 1 atom stereocenters. The number of carboxylic acid groups (broad SMARTS) is 1. The quantitative estimate of drug-likeness (QED) is 0.856. The van der Waals surface area contributed by atoms with E-state index in [0.717, 1.165) is 37.8 Å². The second-order valence-corrected chi connectivity index (χ2v) is 7.81. The zero-order chi connectivity index (χ0) is 18.7. The molecule has 0 aromatic heterocycles. The molecular weight excluding hydrogens is 335 g/mol. The number of benzene rings is 1. The molecule has 1 saturated heterocycles. The van der Waals surface area contributed by atoms with E-state index in [4.69, 9.17) is 0 Å². The van der Waals surface area contributed by atoms with Crippen LogP contribution in [-0.2, 0) is 0 Å². The Kier molecular flexibility index (Phi) is 6.01. The minimum atomic E-state index is -0.884. The molecule has 5 nitrogen and oxygen atoms in total. The first-order valence-corrected chi connectivity index (χ1v) is 9.62. The maximum Gasteiger partial charge on any atom is 0.407 e. The number of hydrogen-bond acceptors (Lipinski definition) is 3. The molecule has 0 spiro atoms. The molecule has 2 fully saturated rings. The van der Waals surface area contributed by atoms with Gasteiger partial charge < -0.3 is 20.0 Å². The number of aliphatic hydroxyl groups is 1. The molecule has 1 aliphatic carbocycles. The van der Waals surface area contributed by atoms with Gasteiger partial charge in [-0.05, 0) is 69.1 Å². The Bertz CT molecular complexity index is 631. The number of hydrogen-bond donors (Lipinski definition) is 2. The van der Waals surface area contributed by atoms with E-state index < -0.39 is 6.09 Å². The number of amides is 1. The molecule has 1 aromatic carbocycles. The minimum Gasteiger partial charge on any atom is -0.465 e. The van der Waals surface area contributed by atoms with Crippen LogP contribution < -0.4 is 4.90 Å². The number of aliphatic hydroxyl groups excluding tert-OH is 1. The van der Waals surface area contributed by atoms with Crippen molar-refractivity contribution in [2.75, 3.05) is 24.5 Å². The van der Waals surface area contributed by atoms with Crippen molar-refractivity contribution in [1.29, 1.82) is 0 Å². The second kappa shape index (κ2) is 8.25. The molecule has 3 rings (SSSR count). The van der Waals surface area contributed by atoms with Crippen molar-refractivity contribution in [1.82, 2.24) is 4.90 Å². The van der Waals surface area contributed by atoms with Gasteiger partial charge in [0.25, 0.3) is 0 Å². The third kappa shape index (κ3) is 4.47. The van der Waals surface area contributed by atoms with Crippen molar-refractivity contribution in [3.05, 3.63) is 29.6 Å². The van der Waals surface area contributed by atoms with Gasteiger partial charge in [0.15, 0.2) is 0 Å². The summed E-state index contributed by atoms with van der Waals surface area (Å²) in [5, 5.41) is 19.3. The Morgan fingerprint density at radius 2 is 2.00 bits per heavy atom. The standard InChI is InChI=1S/C20H29FN2O3/c1-14-4-9-19(18(21)11-14)22-10-2-3-15(12-22)13-23(20(25)26)16-5-7-17(24)8-6-16/h4,9,11,15-17,24H,2-3,5-8,10,12-13H2,1H3,(H,25,26). The van der Waals surface area contributed by atoms with E-state index >= 15 is 0 Å². The van der Waals surface area contributed by atoms with E-state index in [1.54, 1.807) is 11.0 Å². The highest BCUT2D eigenvalue weighted by Crippen LogP contribution is 2.29. The first-order chi connectivity index (χ1) is 12.4. The van der Waals surface area contributed by atoms with E-state index in [0.29, 0.717) is 31.6 Å². The fraction of sp³-hybridized carbons (Fsp3) is 0.650. The highest BCUT2D eigenvalue weighted by Gasteiger charge is 2.31. The molecule has 1 saturated carbocycles. The van der Waals surface area contributed by atoms with E-state index in [1.165, 1.54) is 0 Å². The Hall–Kier alpha value is -1.82. The van der Waals surface area contributed by atoms with Gasteiger partial charge in [-0.3, -0.25) is 0 Å². The first kappa shape index (κ1) is 19.0. The van der Waals surface area contributed by atoms with Crippen LogP contribution in [0.2, 0.25) is 0 Å². The Morgan fingerprint density at radius 3 is 2.65 bits per heavy atom. The maximum absolute atomic E-state index is 14.3. The molecule has 1 unspecified atom stereocenters. The average Bonchev–Trinajstić information content (AvgIpc) is 2.60. The third-order valence-electron chi connectivity index (χ3n) is 5.77. The first-order valence-electron chi connectivity index (χ1n) is 9.62. The maximum atomic E-state index is 14.3. The zero-order valence-electron chi connectivity index (χ0n) is 15.4. The monoisotopic (exact) mass is 364 g/mol. The molecular formula is C20H29FN2O3. The highest BCUT2D eigenvalue weighted by atomic mass is 19.1. The van der Waals surface area contributed by atoms with Gasteiger partial charge >= 0.3 is 6.09 Å². The average molecular weight is 364 g/mol. The Labute approximate surface area is 154 Å². The van der Waals surface area contributed by atoms with Gasteiger partial charge in [0.2, 0.25) is 0 Å². The van der Waals surface area contributed by atoms with Crippen molar-refractivity contribution in [2.45, 2.75) is 57.6 Å². The Morgan fingerprint density at radius 1 is 1.27 bits per heavy atom. The van der Waals surface area contributed by atoms with Gasteiger partial charge in [-0.2, -0.15) is 0 Å². The summed E-state index contributed by atoms with van der Waals surface area (Å²) < 4.78 is 14.3. The van der Waals surface area contributed by atoms with Crippen molar-refractivity contribution in [3.63, 3.8) is 0 Å². The predicted molar refractivity (Wildman–Crippen MR) is 99.1 cm³/mol. The van der Waals surface area contributed by atoms with E-state index in [1.807, 2.05) is 24.0 Å².